The molecule has 0 atom stereocenters. The van der Waals surface area contributed by atoms with Crippen LogP contribution >= 0.6 is 11.3 Å². The summed E-state index contributed by atoms with van der Waals surface area (Å²) in [6.45, 7) is 5.52. The molecule has 0 spiro atoms. The van der Waals surface area contributed by atoms with Crippen molar-refractivity contribution in [1.82, 2.24) is 29.4 Å². The maximum Gasteiger partial charge on any atom is 0.282 e. The van der Waals surface area contributed by atoms with Crippen molar-refractivity contribution in [3.63, 3.8) is 0 Å². The fourth-order valence-corrected chi connectivity index (χ4v) is 4.67. The Labute approximate surface area is 176 Å². The second-order valence-corrected chi connectivity index (χ2v) is 8.64. The Morgan fingerprint density at radius 2 is 1.93 bits per heavy atom. The number of hydrogen-bond acceptors (Lipinski definition) is 6. The summed E-state index contributed by atoms with van der Waals surface area (Å²) >= 11 is 1.41. The zero-order valence-corrected chi connectivity index (χ0v) is 17.5. The van der Waals surface area contributed by atoms with Crippen molar-refractivity contribution < 1.29 is 4.79 Å². The Hall–Kier alpha value is -3.33. The van der Waals surface area contributed by atoms with Gasteiger partial charge in [0.05, 0.1) is 22.5 Å². The van der Waals surface area contributed by atoms with Gasteiger partial charge in [0.2, 0.25) is 0 Å². The lowest BCUT2D eigenvalue weighted by Crippen LogP contribution is -2.52. The molecular formula is C21H20N6O2S. The number of fused-ring (bicyclic) bond motifs is 1. The van der Waals surface area contributed by atoms with E-state index in [0.29, 0.717) is 30.5 Å². The van der Waals surface area contributed by atoms with Crippen molar-refractivity contribution in [3.05, 3.63) is 69.2 Å². The van der Waals surface area contributed by atoms with E-state index in [1.165, 1.54) is 22.1 Å². The lowest BCUT2D eigenvalue weighted by Gasteiger charge is -2.38. The topological polar surface area (TPSA) is 85.9 Å². The molecule has 5 rings (SSSR count). The number of thiazole rings is 1. The molecule has 3 aromatic heterocycles. The van der Waals surface area contributed by atoms with Crippen LogP contribution in [-0.2, 0) is 6.54 Å². The van der Waals surface area contributed by atoms with Crippen molar-refractivity contribution in [2.24, 2.45) is 5.92 Å². The normalized spacial score (nSPS) is 14.3. The van der Waals surface area contributed by atoms with Gasteiger partial charge in [-0.2, -0.15) is 5.10 Å². The van der Waals surface area contributed by atoms with E-state index in [2.05, 4.69) is 15.2 Å². The van der Waals surface area contributed by atoms with E-state index in [1.54, 1.807) is 15.6 Å². The lowest BCUT2D eigenvalue weighted by atomic mass is 10.0. The molecule has 1 fully saturated rings. The fraction of sp³-hybridized carbons (Fsp3) is 0.286. The van der Waals surface area contributed by atoms with Crippen molar-refractivity contribution in [3.8, 4) is 5.82 Å². The summed E-state index contributed by atoms with van der Waals surface area (Å²) in [6.07, 6.45) is 0. The van der Waals surface area contributed by atoms with Crippen LogP contribution in [0.5, 0.6) is 0 Å². The first-order chi connectivity index (χ1) is 14.5. The van der Waals surface area contributed by atoms with Crippen molar-refractivity contribution in [2.75, 3.05) is 13.1 Å². The van der Waals surface area contributed by atoms with Crippen LogP contribution in [-0.4, -0.2) is 48.4 Å². The van der Waals surface area contributed by atoms with Crippen molar-refractivity contribution >= 4 is 27.5 Å². The molecular weight excluding hydrogens is 400 g/mol. The van der Waals surface area contributed by atoms with Gasteiger partial charge in [0.1, 0.15) is 0 Å². The van der Waals surface area contributed by atoms with Gasteiger partial charge < -0.3 is 4.90 Å². The van der Waals surface area contributed by atoms with Crippen LogP contribution in [0.15, 0.2) is 47.3 Å². The molecule has 1 saturated heterocycles. The Balaban J connectivity index is 1.28. The smallest absolute Gasteiger partial charge is 0.282 e. The number of nitrogens with zero attached hydrogens (tertiary/aromatic N) is 6. The largest absolute Gasteiger partial charge is 0.336 e. The molecule has 1 aromatic carbocycles. The quantitative estimate of drug-likeness (QED) is 0.506. The van der Waals surface area contributed by atoms with E-state index in [9.17, 15) is 9.59 Å². The molecule has 0 unspecified atom stereocenters. The Morgan fingerprint density at radius 3 is 2.67 bits per heavy atom. The van der Waals surface area contributed by atoms with Gasteiger partial charge in [0, 0.05) is 30.8 Å². The maximum atomic E-state index is 12.7. The van der Waals surface area contributed by atoms with E-state index < -0.39 is 0 Å². The average molecular weight is 420 g/mol. The van der Waals surface area contributed by atoms with Gasteiger partial charge in [-0.15, -0.1) is 16.4 Å². The Morgan fingerprint density at radius 1 is 1.13 bits per heavy atom. The van der Waals surface area contributed by atoms with Crippen molar-refractivity contribution in [1.29, 1.82) is 0 Å². The van der Waals surface area contributed by atoms with Gasteiger partial charge in [-0.1, -0.05) is 12.1 Å². The number of benzene rings is 1. The third-order valence-electron chi connectivity index (χ3n) is 5.23. The molecule has 1 amide bonds. The molecule has 0 radical (unpaired) electrons. The maximum absolute atomic E-state index is 12.7. The van der Waals surface area contributed by atoms with Gasteiger partial charge in [-0.25, -0.2) is 14.3 Å². The van der Waals surface area contributed by atoms with Gasteiger partial charge in [-0.3, -0.25) is 9.59 Å². The summed E-state index contributed by atoms with van der Waals surface area (Å²) in [7, 11) is 0. The molecule has 0 N–H and O–H groups in total. The number of amides is 1. The number of aryl methyl sites for hydroxylation is 2. The molecule has 1 aliphatic heterocycles. The summed E-state index contributed by atoms with van der Waals surface area (Å²) in [5, 5.41) is 9.43. The summed E-state index contributed by atoms with van der Waals surface area (Å²) < 4.78 is 4.21. The molecule has 4 aromatic rings. The van der Waals surface area contributed by atoms with Gasteiger partial charge in [0.25, 0.3) is 11.5 Å². The van der Waals surface area contributed by atoms with Crippen LogP contribution < -0.4 is 5.56 Å². The van der Waals surface area contributed by atoms with E-state index in [-0.39, 0.29) is 17.4 Å². The fourth-order valence-electron chi connectivity index (χ4n) is 3.74. The van der Waals surface area contributed by atoms with Crippen LogP contribution in [0, 0.1) is 19.8 Å². The first-order valence-electron chi connectivity index (χ1n) is 9.74. The first-order valence-corrected chi connectivity index (χ1v) is 10.6. The molecule has 0 aliphatic carbocycles. The highest BCUT2D eigenvalue weighted by molar-refractivity contribution is 7.20. The third kappa shape index (κ3) is 3.30. The van der Waals surface area contributed by atoms with E-state index in [1.807, 2.05) is 44.2 Å². The highest BCUT2D eigenvalue weighted by Gasteiger charge is 2.33. The number of para-hydroxylation sites is 1. The molecule has 9 heteroatoms. The molecule has 1 aliphatic rings. The Bertz CT molecular complexity index is 1280. The number of aromatic nitrogens is 5. The molecule has 0 bridgehead atoms. The molecule has 8 nitrogen and oxygen atoms in total. The predicted octanol–water partition coefficient (Wildman–Crippen LogP) is 2.43. The van der Waals surface area contributed by atoms with Gasteiger partial charge in [-0.05, 0) is 38.1 Å². The van der Waals surface area contributed by atoms with Crippen LogP contribution in [0.3, 0.4) is 0 Å². The highest BCUT2D eigenvalue weighted by atomic mass is 32.1. The number of carbonyl (C=O) groups is 1. The SMILES string of the molecule is Cc1cc(C)n(-c2ccc(=O)n(CC3CN(C(=O)c4nc5ccccc5s4)C3)n2)n1. The summed E-state index contributed by atoms with van der Waals surface area (Å²) in [5.41, 5.74) is 2.55. The van der Waals surface area contributed by atoms with Crippen LogP contribution in [0.1, 0.15) is 21.2 Å². The van der Waals surface area contributed by atoms with E-state index >= 15 is 0 Å². The molecule has 30 heavy (non-hydrogen) atoms. The lowest BCUT2D eigenvalue weighted by molar-refractivity contribution is 0.0458. The molecule has 0 saturated carbocycles. The zero-order valence-electron chi connectivity index (χ0n) is 16.6. The summed E-state index contributed by atoms with van der Waals surface area (Å²) in [4.78, 5) is 31.2. The minimum absolute atomic E-state index is 0.0517. The second kappa shape index (κ2) is 7.17. The number of carbonyl (C=O) groups excluding carboxylic acids is 1. The monoisotopic (exact) mass is 420 g/mol. The molecule has 4 heterocycles. The summed E-state index contributed by atoms with van der Waals surface area (Å²) in [6, 6.07) is 12.9. The summed E-state index contributed by atoms with van der Waals surface area (Å²) in [5.74, 6) is 0.746. The first kappa shape index (κ1) is 18.7. The number of rotatable bonds is 4. The van der Waals surface area contributed by atoms with E-state index in [4.69, 9.17) is 0 Å². The Kier molecular flexibility index (Phi) is 4.47. The zero-order chi connectivity index (χ0) is 20.8. The minimum atomic E-state index is -0.156. The van der Waals surface area contributed by atoms with Gasteiger partial charge in [0.15, 0.2) is 10.8 Å². The van der Waals surface area contributed by atoms with Crippen molar-refractivity contribution in [2.45, 2.75) is 20.4 Å². The average Bonchev–Trinajstić information content (AvgIpc) is 3.28. The number of hydrogen-bond donors (Lipinski definition) is 0. The van der Waals surface area contributed by atoms with Crippen LogP contribution in [0.25, 0.3) is 16.0 Å². The minimum Gasteiger partial charge on any atom is -0.336 e. The standard InChI is InChI=1S/C21H20N6O2S/c1-13-9-14(2)27(23-13)18-7-8-19(28)26(24-18)12-15-10-25(11-15)21(29)20-22-16-5-3-4-6-17(16)30-20/h3-9,15H,10-12H2,1-2H3. The highest BCUT2D eigenvalue weighted by Crippen LogP contribution is 2.26. The van der Waals surface area contributed by atoms with Crippen LogP contribution in [0.2, 0.25) is 0 Å². The van der Waals surface area contributed by atoms with E-state index in [0.717, 1.165) is 21.6 Å². The second-order valence-electron chi connectivity index (χ2n) is 7.61. The predicted molar refractivity (Wildman–Crippen MR) is 114 cm³/mol. The number of likely N-dealkylation sites (tertiary alicyclic amines) is 1. The van der Waals surface area contributed by atoms with Gasteiger partial charge >= 0.3 is 0 Å². The molecule has 152 valence electrons. The van der Waals surface area contributed by atoms with Crippen LogP contribution in [0.4, 0.5) is 0 Å². The third-order valence-corrected chi connectivity index (χ3v) is 6.26.